The average Bonchev–Trinajstić information content (AvgIpc) is 2.95. The summed E-state index contributed by atoms with van der Waals surface area (Å²) in [6.07, 6.45) is 0. The molecule has 21 heavy (non-hydrogen) atoms. The highest BCUT2D eigenvalue weighted by Crippen LogP contribution is 2.26. The van der Waals surface area contributed by atoms with Gasteiger partial charge in [-0.05, 0) is 17.0 Å². The number of nitrogens with zero attached hydrogens (tertiary/aromatic N) is 1. The molecule has 1 amide bonds. The van der Waals surface area contributed by atoms with Gasteiger partial charge >= 0.3 is 0 Å². The van der Waals surface area contributed by atoms with Gasteiger partial charge in [0.2, 0.25) is 0 Å². The largest absolute Gasteiger partial charge is 0.495 e. The normalized spacial score (nSPS) is 9.81. The number of carbonyl (C=O) groups excluding carboxylic acids is 1. The monoisotopic (exact) mass is 326 g/mol. The first-order valence-electron chi connectivity index (χ1n) is 6.41. The Balaban J connectivity index is 0.00000220. The van der Waals surface area contributed by atoms with Crippen LogP contribution in [-0.2, 0) is 6.54 Å². The van der Waals surface area contributed by atoms with E-state index in [0.29, 0.717) is 30.3 Å². The minimum Gasteiger partial charge on any atom is -0.495 e. The van der Waals surface area contributed by atoms with Crippen molar-refractivity contribution in [2.75, 3.05) is 20.2 Å². The number of nitrogens with two attached hydrogens (primary N) is 1. The van der Waals surface area contributed by atoms with Crippen molar-refractivity contribution in [3.8, 4) is 5.75 Å². The van der Waals surface area contributed by atoms with Crippen LogP contribution in [0.15, 0.2) is 41.8 Å². The maximum atomic E-state index is 12.6. The molecule has 0 fully saturated rings. The molecule has 2 N–H and O–H groups in total. The second-order valence-electron chi connectivity index (χ2n) is 4.32. The van der Waals surface area contributed by atoms with E-state index >= 15 is 0 Å². The van der Waals surface area contributed by atoms with Crippen LogP contribution >= 0.6 is 23.7 Å². The molecule has 0 aliphatic carbocycles. The van der Waals surface area contributed by atoms with Crippen molar-refractivity contribution < 1.29 is 9.53 Å². The van der Waals surface area contributed by atoms with Crippen molar-refractivity contribution >= 4 is 29.7 Å². The van der Waals surface area contributed by atoms with E-state index in [1.54, 1.807) is 18.1 Å². The molecule has 114 valence electrons. The zero-order chi connectivity index (χ0) is 14.4. The number of ether oxygens (including phenoxy) is 1. The van der Waals surface area contributed by atoms with E-state index < -0.39 is 0 Å². The molecule has 0 saturated carbocycles. The lowest BCUT2D eigenvalue weighted by Gasteiger charge is -2.22. The highest BCUT2D eigenvalue weighted by Gasteiger charge is 2.20. The lowest BCUT2D eigenvalue weighted by molar-refractivity contribution is 0.0750. The Kier molecular flexibility index (Phi) is 7.22. The molecule has 0 radical (unpaired) electrons. The molecule has 1 heterocycles. The smallest absolute Gasteiger partial charge is 0.268 e. The summed E-state index contributed by atoms with van der Waals surface area (Å²) in [6.45, 7) is 1.51. The Hall–Kier alpha value is -1.56. The van der Waals surface area contributed by atoms with Gasteiger partial charge in [0.25, 0.3) is 5.91 Å². The van der Waals surface area contributed by atoms with Crippen LogP contribution in [0.3, 0.4) is 0 Å². The van der Waals surface area contributed by atoms with Crippen LogP contribution in [0.1, 0.15) is 15.2 Å². The Morgan fingerprint density at radius 3 is 2.62 bits per heavy atom. The maximum absolute atomic E-state index is 12.6. The van der Waals surface area contributed by atoms with Crippen LogP contribution < -0.4 is 10.5 Å². The third kappa shape index (κ3) is 4.46. The SMILES string of the molecule is COc1ccsc1C(=O)N(CCN)Cc1ccccc1.Cl. The zero-order valence-electron chi connectivity index (χ0n) is 11.8. The summed E-state index contributed by atoms with van der Waals surface area (Å²) in [5.74, 6) is 0.584. The summed E-state index contributed by atoms with van der Waals surface area (Å²) in [5, 5.41) is 1.86. The summed E-state index contributed by atoms with van der Waals surface area (Å²) in [7, 11) is 1.57. The number of benzene rings is 1. The number of carbonyl (C=O) groups is 1. The molecule has 0 spiro atoms. The van der Waals surface area contributed by atoms with Crippen LogP contribution in [0.4, 0.5) is 0 Å². The Morgan fingerprint density at radius 2 is 2.00 bits per heavy atom. The van der Waals surface area contributed by atoms with Gasteiger partial charge in [-0.25, -0.2) is 0 Å². The minimum atomic E-state index is -0.0360. The van der Waals surface area contributed by atoms with Gasteiger partial charge in [-0.15, -0.1) is 23.7 Å². The maximum Gasteiger partial charge on any atom is 0.268 e. The predicted molar refractivity (Wildman–Crippen MR) is 88.4 cm³/mol. The van der Waals surface area contributed by atoms with E-state index in [-0.39, 0.29) is 18.3 Å². The van der Waals surface area contributed by atoms with Gasteiger partial charge in [-0.3, -0.25) is 4.79 Å². The van der Waals surface area contributed by atoms with Crippen LogP contribution in [0, 0.1) is 0 Å². The molecule has 0 aliphatic rings. The number of hydrogen-bond acceptors (Lipinski definition) is 4. The van der Waals surface area contributed by atoms with Crippen molar-refractivity contribution in [1.82, 2.24) is 4.90 Å². The zero-order valence-corrected chi connectivity index (χ0v) is 13.5. The minimum absolute atomic E-state index is 0. The second-order valence-corrected chi connectivity index (χ2v) is 5.24. The summed E-state index contributed by atoms with van der Waals surface area (Å²) >= 11 is 1.39. The van der Waals surface area contributed by atoms with E-state index in [2.05, 4.69) is 0 Å². The molecule has 0 saturated heterocycles. The molecular weight excluding hydrogens is 308 g/mol. The van der Waals surface area contributed by atoms with Crippen molar-refractivity contribution in [2.24, 2.45) is 5.73 Å². The van der Waals surface area contributed by atoms with Crippen LogP contribution in [-0.4, -0.2) is 31.0 Å². The van der Waals surface area contributed by atoms with Gasteiger partial charge < -0.3 is 15.4 Å². The quantitative estimate of drug-likeness (QED) is 0.888. The highest BCUT2D eigenvalue weighted by atomic mass is 35.5. The summed E-state index contributed by atoms with van der Waals surface area (Å²) in [4.78, 5) is 15.0. The Morgan fingerprint density at radius 1 is 1.29 bits per heavy atom. The standard InChI is InChI=1S/C15H18N2O2S.ClH/c1-19-13-7-10-20-14(13)15(18)17(9-8-16)11-12-5-3-2-4-6-12;/h2-7,10H,8-9,11,16H2,1H3;1H. The molecule has 0 aliphatic heterocycles. The Bertz CT molecular complexity index is 560. The third-order valence-electron chi connectivity index (χ3n) is 2.95. The van der Waals surface area contributed by atoms with E-state index in [0.717, 1.165) is 5.56 Å². The number of amides is 1. The topological polar surface area (TPSA) is 55.6 Å². The molecule has 2 rings (SSSR count). The number of rotatable bonds is 6. The molecule has 1 aromatic heterocycles. The fraction of sp³-hybridized carbons (Fsp3) is 0.267. The molecular formula is C15H19ClN2O2S. The van der Waals surface area contributed by atoms with Gasteiger partial charge in [0, 0.05) is 19.6 Å². The van der Waals surface area contributed by atoms with Crippen molar-refractivity contribution in [2.45, 2.75) is 6.54 Å². The van der Waals surface area contributed by atoms with E-state index in [1.165, 1.54) is 11.3 Å². The lowest BCUT2D eigenvalue weighted by Crippen LogP contribution is -2.34. The van der Waals surface area contributed by atoms with Crippen molar-refractivity contribution in [3.05, 3.63) is 52.2 Å². The predicted octanol–water partition coefficient (Wildman–Crippen LogP) is 2.78. The molecule has 6 heteroatoms. The number of methoxy groups -OCH3 is 1. The molecule has 2 aromatic rings. The van der Waals surface area contributed by atoms with E-state index in [9.17, 15) is 4.79 Å². The fourth-order valence-electron chi connectivity index (χ4n) is 1.97. The van der Waals surface area contributed by atoms with Gasteiger partial charge in [-0.2, -0.15) is 0 Å². The van der Waals surface area contributed by atoms with Gasteiger partial charge in [0.15, 0.2) is 0 Å². The average molecular weight is 327 g/mol. The van der Waals surface area contributed by atoms with Crippen molar-refractivity contribution in [3.63, 3.8) is 0 Å². The third-order valence-corrected chi connectivity index (χ3v) is 3.83. The van der Waals surface area contributed by atoms with E-state index in [4.69, 9.17) is 10.5 Å². The van der Waals surface area contributed by atoms with Gasteiger partial charge in [0.1, 0.15) is 10.6 Å². The first kappa shape index (κ1) is 17.5. The number of halogens is 1. The van der Waals surface area contributed by atoms with E-state index in [1.807, 2.05) is 35.7 Å². The molecule has 1 aromatic carbocycles. The van der Waals surface area contributed by atoms with Gasteiger partial charge in [0.05, 0.1) is 7.11 Å². The lowest BCUT2D eigenvalue weighted by atomic mass is 10.2. The highest BCUT2D eigenvalue weighted by molar-refractivity contribution is 7.12. The fourth-order valence-corrected chi connectivity index (χ4v) is 2.79. The summed E-state index contributed by atoms with van der Waals surface area (Å²) in [6, 6.07) is 11.7. The van der Waals surface area contributed by atoms with Crippen molar-refractivity contribution in [1.29, 1.82) is 0 Å². The molecule has 0 unspecified atom stereocenters. The first-order valence-corrected chi connectivity index (χ1v) is 7.29. The summed E-state index contributed by atoms with van der Waals surface area (Å²) in [5.41, 5.74) is 6.71. The summed E-state index contributed by atoms with van der Waals surface area (Å²) < 4.78 is 5.22. The molecule has 4 nitrogen and oxygen atoms in total. The second kappa shape index (κ2) is 8.67. The molecule has 0 atom stereocenters. The number of thiophene rings is 1. The molecule has 0 bridgehead atoms. The Labute approximate surface area is 134 Å². The number of hydrogen-bond donors (Lipinski definition) is 1. The van der Waals surface area contributed by atoms with Gasteiger partial charge in [-0.1, -0.05) is 30.3 Å². The van der Waals surface area contributed by atoms with Crippen LogP contribution in [0.5, 0.6) is 5.75 Å². The first-order chi connectivity index (χ1) is 9.76. The van der Waals surface area contributed by atoms with Crippen LogP contribution in [0.25, 0.3) is 0 Å². The van der Waals surface area contributed by atoms with Crippen LogP contribution in [0.2, 0.25) is 0 Å².